The van der Waals surface area contributed by atoms with Crippen LogP contribution in [-0.2, 0) is 23.8 Å². The minimum Gasteiger partial charge on any atom is -0.507 e. The average Bonchev–Trinajstić information content (AvgIpc) is 3.40. The number of hydrogen-bond acceptors (Lipinski definition) is 15. The molecule has 0 unspecified atom stereocenters. The van der Waals surface area contributed by atoms with Crippen molar-refractivity contribution in [1.29, 1.82) is 0 Å². The Hall–Kier alpha value is -5.16. The Labute approximate surface area is 395 Å². The number of methoxy groups -OCH3 is 1. The number of aliphatic hydroxyl groups is 2. The molecule has 370 valence electrons. The van der Waals surface area contributed by atoms with Crippen molar-refractivity contribution < 1.29 is 58.9 Å². The highest BCUT2D eigenvalue weighted by Gasteiger charge is 2.50. The van der Waals surface area contributed by atoms with Gasteiger partial charge in [0.2, 0.25) is 0 Å². The number of ketones is 1. The molecule has 0 saturated carbocycles. The smallest absolute Gasteiger partial charge is 0.312 e. The molecule has 0 radical (unpaired) electrons. The summed E-state index contributed by atoms with van der Waals surface area (Å²) in [5, 5.41) is 67.9. The summed E-state index contributed by atoms with van der Waals surface area (Å²) in [6.07, 6.45) is 13.1. The molecule has 6 rings (SSSR count). The van der Waals surface area contributed by atoms with E-state index in [4.69, 9.17) is 24.0 Å². The minimum absolute atomic E-state index is 0.0630. The number of fused-ring (bicyclic) bond motifs is 14. The summed E-state index contributed by atoms with van der Waals surface area (Å²) in [7, 11) is 1.45. The van der Waals surface area contributed by atoms with Gasteiger partial charge >= 0.3 is 11.8 Å². The summed E-state index contributed by atoms with van der Waals surface area (Å²) in [5.74, 6) is -8.30. The Morgan fingerprint density at radius 3 is 2.30 bits per heavy atom. The van der Waals surface area contributed by atoms with E-state index < -0.39 is 88.8 Å². The van der Waals surface area contributed by atoms with E-state index >= 15 is 0 Å². The molecular weight excluding hydrogens is 861 g/mol. The van der Waals surface area contributed by atoms with Crippen LogP contribution in [0.5, 0.6) is 23.0 Å². The molecule has 1 saturated heterocycles. The van der Waals surface area contributed by atoms with Crippen LogP contribution in [0.15, 0.2) is 41.2 Å². The number of phenolic OH excluding ortho intramolecular Hbond substituents is 3. The molecule has 67 heavy (non-hydrogen) atoms. The second kappa shape index (κ2) is 23.2. The first-order valence-corrected chi connectivity index (χ1v) is 23.9. The van der Waals surface area contributed by atoms with E-state index in [0.717, 1.165) is 32.5 Å². The number of ether oxygens (including phenoxy) is 4. The highest BCUT2D eigenvalue weighted by atomic mass is 16.7. The number of nitrogens with zero attached hydrogens (tertiary/aromatic N) is 3. The van der Waals surface area contributed by atoms with Gasteiger partial charge in [0, 0.05) is 80.8 Å². The van der Waals surface area contributed by atoms with Gasteiger partial charge in [0.25, 0.3) is 11.7 Å². The first-order valence-electron chi connectivity index (χ1n) is 23.9. The molecule has 2 aromatic rings. The largest absolute Gasteiger partial charge is 0.507 e. The number of Topliss-reactive ketones (excluding diaryl/α,β-unsaturated/α-hetero) is 1. The normalized spacial score (nSPS) is 29.9. The summed E-state index contributed by atoms with van der Waals surface area (Å²) in [4.78, 5) is 43.4. The van der Waals surface area contributed by atoms with Gasteiger partial charge < -0.3 is 54.7 Å². The molecule has 6 N–H and O–H groups in total. The van der Waals surface area contributed by atoms with Crippen LogP contribution in [0.4, 0.5) is 5.69 Å². The zero-order chi connectivity index (χ0) is 49.3. The summed E-state index contributed by atoms with van der Waals surface area (Å²) in [6.45, 7) is 18.7. The molecule has 9 atom stereocenters. The minimum atomic E-state index is -2.05. The van der Waals surface area contributed by atoms with Gasteiger partial charge in [-0.1, -0.05) is 85.0 Å². The van der Waals surface area contributed by atoms with Gasteiger partial charge in [-0.05, 0) is 45.9 Å². The van der Waals surface area contributed by atoms with Crippen molar-refractivity contribution in [2.75, 3.05) is 45.2 Å². The third kappa shape index (κ3) is 11.9. The summed E-state index contributed by atoms with van der Waals surface area (Å²) < 4.78 is 23.8. The molecular formula is C51H74N4O12. The standard InChI is InChI=1S/C51H74N4O12/c1-11-12-13-14-15-16-22-54-23-18-24-55(26-25-54)52-28-36-41-46(61)39-38(45(36)60)40-48(34(7)44(39)59)67-51(9,49(40)62)65-27-21-37(64-10)31(4)47(66-35(8)56)33(6)43(58)32(5)42(57)29(2)19-17-20-30(3)50(63)53-41/h17,19-21,27-29,31-33,37,42-43,47,57-61H,11-16,18,22-26H2,1-10H3,(H,53,63)/b19-17+,27-21+,30-20-,52-28+/t29-,31+,32+,33+,37-,42-,43+,47+,51-/m0/s1. The molecule has 2 aromatic carbocycles. The number of amides is 1. The average molecular weight is 935 g/mol. The van der Waals surface area contributed by atoms with Crippen molar-refractivity contribution in [3.63, 3.8) is 0 Å². The lowest BCUT2D eigenvalue weighted by molar-refractivity contribution is -0.160. The lowest BCUT2D eigenvalue weighted by Gasteiger charge is -2.38. The van der Waals surface area contributed by atoms with E-state index in [1.807, 2.05) is 5.01 Å². The molecule has 0 spiro atoms. The second-order valence-electron chi connectivity index (χ2n) is 18.8. The number of benzene rings is 2. The molecule has 16 nitrogen and oxygen atoms in total. The fraction of sp³-hybridized carbons (Fsp3) is 0.608. The quantitative estimate of drug-likeness (QED) is 0.0424. The van der Waals surface area contributed by atoms with Crippen LogP contribution >= 0.6 is 0 Å². The van der Waals surface area contributed by atoms with Crippen LogP contribution < -0.4 is 10.1 Å². The maximum atomic E-state index is 14.6. The van der Waals surface area contributed by atoms with Gasteiger partial charge in [0.1, 0.15) is 23.4 Å². The van der Waals surface area contributed by atoms with Gasteiger partial charge in [-0.25, -0.2) is 0 Å². The number of esters is 1. The topological polar surface area (TPSA) is 220 Å². The summed E-state index contributed by atoms with van der Waals surface area (Å²) >= 11 is 0. The number of nitrogens with one attached hydrogen (secondary N) is 1. The van der Waals surface area contributed by atoms with Gasteiger partial charge in [-0.3, -0.25) is 19.4 Å². The zero-order valence-corrected chi connectivity index (χ0v) is 41.0. The van der Waals surface area contributed by atoms with Gasteiger partial charge in [-0.2, -0.15) is 5.10 Å². The van der Waals surface area contributed by atoms with Crippen molar-refractivity contribution >= 4 is 40.3 Å². The fourth-order valence-corrected chi connectivity index (χ4v) is 9.42. The molecule has 1 fully saturated rings. The predicted molar refractivity (Wildman–Crippen MR) is 257 cm³/mol. The lowest BCUT2D eigenvalue weighted by Crippen LogP contribution is -2.46. The highest BCUT2D eigenvalue weighted by molar-refractivity contribution is 6.23. The van der Waals surface area contributed by atoms with Gasteiger partial charge in [0.15, 0.2) is 5.75 Å². The molecule has 16 heteroatoms. The maximum Gasteiger partial charge on any atom is 0.312 e. The summed E-state index contributed by atoms with van der Waals surface area (Å²) in [5.41, 5.74) is -0.293. The summed E-state index contributed by atoms with van der Waals surface area (Å²) in [6, 6.07) is 0. The monoisotopic (exact) mass is 935 g/mol. The van der Waals surface area contributed by atoms with E-state index in [-0.39, 0.29) is 44.5 Å². The predicted octanol–water partition coefficient (Wildman–Crippen LogP) is 7.46. The van der Waals surface area contributed by atoms with Crippen LogP contribution in [0, 0.1) is 30.6 Å². The molecule has 4 aliphatic rings. The van der Waals surface area contributed by atoms with Crippen LogP contribution in [0.1, 0.15) is 122 Å². The number of hydrogen-bond donors (Lipinski definition) is 6. The molecule has 1 amide bonds. The van der Waals surface area contributed by atoms with E-state index in [1.54, 1.807) is 46.8 Å². The van der Waals surface area contributed by atoms with E-state index in [1.165, 1.54) is 84.6 Å². The number of carbonyl (C=O) groups is 3. The number of carbonyl (C=O) groups excluding carboxylic acids is 3. The van der Waals surface area contributed by atoms with Crippen LogP contribution in [0.3, 0.4) is 0 Å². The Kier molecular flexibility index (Phi) is 18.3. The molecule has 4 aliphatic heterocycles. The number of phenols is 3. The number of aromatic hydroxyl groups is 3. The van der Waals surface area contributed by atoms with E-state index in [9.17, 15) is 39.9 Å². The molecule has 5 bridgehead atoms. The Morgan fingerprint density at radius 2 is 1.61 bits per heavy atom. The molecule has 4 heterocycles. The Balaban J connectivity index is 1.61. The van der Waals surface area contributed by atoms with Crippen molar-refractivity contribution in [2.24, 2.45) is 28.8 Å². The number of rotatable bonds is 11. The van der Waals surface area contributed by atoms with Crippen molar-refractivity contribution in [3.05, 3.63) is 52.8 Å². The van der Waals surface area contributed by atoms with Crippen LogP contribution in [0.2, 0.25) is 0 Å². The first-order chi connectivity index (χ1) is 31.8. The van der Waals surface area contributed by atoms with Crippen LogP contribution in [0.25, 0.3) is 10.8 Å². The lowest BCUT2D eigenvalue weighted by atomic mass is 9.78. The first kappa shape index (κ1) is 52.8. The van der Waals surface area contributed by atoms with Gasteiger partial charge in [0.05, 0.1) is 53.0 Å². The third-order valence-electron chi connectivity index (χ3n) is 13.8. The van der Waals surface area contributed by atoms with Crippen LogP contribution in [-0.4, -0.2) is 129 Å². The number of unbranched alkanes of at least 4 members (excludes halogenated alkanes) is 5. The highest BCUT2D eigenvalue weighted by Crippen LogP contribution is 2.55. The molecule has 0 aromatic heterocycles. The maximum absolute atomic E-state index is 14.6. The van der Waals surface area contributed by atoms with E-state index in [0.29, 0.717) is 13.1 Å². The van der Waals surface area contributed by atoms with Crippen molar-refractivity contribution in [1.82, 2.24) is 9.91 Å². The van der Waals surface area contributed by atoms with Crippen molar-refractivity contribution in [2.45, 2.75) is 137 Å². The van der Waals surface area contributed by atoms with E-state index in [2.05, 4.69) is 17.1 Å². The second-order valence-corrected chi connectivity index (χ2v) is 18.8. The molecule has 0 aliphatic carbocycles. The third-order valence-corrected chi connectivity index (χ3v) is 13.8. The Morgan fingerprint density at radius 1 is 0.910 bits per heavy atom. The number of anilines is 1. The Bertz CT molecular complexity index is 2220. The number of aliphatic hydroxyl groups excluding tert-OH is 2. The van der Waals surface area contributed by atoms with Crippen molar-refractivity contribution in [3.8, 4) is 23.0 Å². The number of hydrazone groups is 1. The zero-order valence-electron chi connectivity index (χ0n) is 41.0. The fourth-order valence-electron chi connectivity index (χ4n) is 9.42. The SMILES string of the molecule is CCCCCCCCN1CCCN(/N=C/c2c3c(O)c4c(O)c(C)c5c(c4c2O)C(=O)[C@@](C)(O/C=C/[C@H](OC)[C@@H](C)[C@@H](OC(C)=O)[C@H](C)[C@H](O)[C@H](C)[C@@H](O)[C@@H](C)/C=C/C=C(/C)C(=O)N3)O5)CC1. The number of allylic oxidation sites excluding steroid dienone is 2. The van der Waals surface area contributed by atoms with Gasteiger partial charge in [-0.15, -0.1) is 0 Å².